The first-order valence-corrected chi connectivity index (χ1v) is 5.90. The highest BCUT2D eigenvalue weighted by molar-refractivity contribution is 5.37. The monoisotopic (exact) mass is 238 g/mol. The van der Waals surface area contributed by atoms with Crippen molar-refractivity contribution in [2.45, 2.75) is 19.0 Å². The van der Waals surface area contributed by atoms with Crippen molar-refractivity contribution in [3.63, 3.8) is 0 Å². The van der Waals surface area contributed by atoms with Crippen LogP contribution in [0, 0.1) is 5.82 Å². The first-order chi connectivity index (χ1) is 8.15. The number of ether oxygens (including phenoxy) is 1. The number of benzene rings is 1. The van der Waals surface area contributed by atoms with E-state index in [1.165, 1.54) is 6.07 Å². The van der Waals surface area contributed by atoms with Gasteiger partial charge in [-0.3, -0.25) is 4.90 Å². The number of rotatable bonds is 4. The summed E-state index contributed by atoms with van der Waals surface area (Å²) in [5.41, 5.74) is 0.643. The molecule has 2 rings (SSSR count). The van der Waals surface area contributed by atoms with Crippen LogP contribution >= 0.6 is 0 Å². The van der Waals surface area contributed by atoms with Crippen molar-refractivity contribution in [1.29, 1.82) is 0 Å². The standard InChI is InChI=1S/C13H19FN2O/c1-9(16(2)10-7-15-8-10)13-11(14)5-4-6-12(13)17-3/h4-6,9-10,15H,7-8H2,1-3H3. The van der Waals surface area contributed by atoms with Gasteiger partial charge in [-0.2, -0.15) is 0 Å². The number of nitrogens with zero attached hydrogens (tertiary/aromatic N) is 1. The average Bonchev–Trinajstić information content (AvgIpc) is 2.25. The molecule has 1 aliphatic rings. The second-order valence-corrected chi connectivity index (χ2v) is 4.51. The maximum absolute atomic E-state index is 13.9. The molecule has 1 unspecified atom stereocenters. The van der Waals surface area contributed by atoms with Crippen LogP contribution in [-0.2, 0) is 0 Å². The van der Waals surface area contributed by atoms with Gasteiger partial charge in [0.1, 0.15) is 11.6 Å². The summed E-state index contributed by atoms with van der Waals surface area (Å²) >= 11 is 0. The van der Waals surface area contributed by atoms with E-state index >= 15 is 0 Å². The normalized spacial score (nSPS) is 17.9. The molecule has 1 N–H and O–H groups in total. The van der Waals surface area contributed by atoms with E-state index in [-0.39, 0.29) is 11.9 Å². The van der Waals surface area contributed by atoms with Crippen LogP contribution in [0.1, 0.15) is 18.5 Å². The number of halogens is 1. The molecule has 0 saturated carbocycles. The third kappa shape index (κ3) is 2.28. The molecule has 0 bridgehead atoms. The van der Waals surface area contributed by atoms with Gasteiger partial charge in [-0.05, 0) is 26.1 Å². The smallest absolute Gasteiger partial charge is 0.131 e. The largest absolute Gasteiger partial charge is 0.496 e. The predicted octanol–water partition coefficient (Wildman–Crippen LogP) is 1.80. The number of hydrogen-bond acceptors (Lipinski definition) is 3. The van der Waals surface area contributed by atoms with E-state index in [9.17, 15) is 4.39 Å². The van der Waals surface area contributed by atoms with Crippen LogP contribution in [-0.4, -0.2) is 38.2 Å². The maximum Gasteiger partial charge on any atom is 0.131 e. The zero-order chi connectivity index (χ0) is 12.4. The molecule has 1 aliphatic heterocycles. The van der Waals surface area contributed by atoms with Crippen molar-refractivity contribution in [3.05, 3.63) is 29.6 Å². The second-order valence-electron chi connectivity index (χ2n) is 4.51. The summed E-state index contributed by atoms with van der Waals surface area (Å²) in [4.78, 5) is 2.19. The Hall–Kier alpha value is -1.13. The quantitative estimate of drug-likeness (QED) is 0.865. The highest BCUT2D eigenvalue weighted by Crippen LogP contribution is 2.32. The first-order valence-electron chi connectivity index (χ1n) is 5.90. The summed E-state index contributed by atoms with van der Waals surface area (Å²) in [6, 6.07) is 5.46. The highest BCUT2D eigenvalue weighted by atomic mass is 19.1. The zero-order valence-electron chi connectivity index (χ0n) is 10.5. The number of hydrogen-bond donors (Lipinski definition) is 1. The van der Waals surface area contributed by atoms with E-state index in [1.54, 1.807) is 13.2 Å². The van der Waals surface area contributed by atoms with Crippen molar-refractivity contribution in [2.75, 3.05) is 27.2 Å². The minimum Gasteiger partial charge on any atom is -0.496 e. The van der Waals surface area contributed by atoms with Crippen molar-refractivity contribution in [1.82, 2.24) is 10.2 Å². The molecule has 0 aromatic heterocycles. The van der Waals surface area contributed by atoms with Crippen molar-refractivity contribution in [3.8, 4) is 5.75 Å². The third-order valence-electron chi connectivity index (χ3n) is 3.60. The lowest BCUT2D eigenvalue weighted by Crippen LogP contribution is -2.56. The fourth-order valence-electron chi connectivity index (χ4n) is 2.18. The Balaban J connectivity index is 2.25. The lowest BCUT2D eigenvalue weighted by molar-refractivity contribution is 0.132. The summed E-state index contributed by atoms with van der Waals surface area (Å²) in [5, 5.41) is 3.23. The van der Waals surface area contributed by atoms with Gasteiger partial charge in [-0.15, -0.1) is 0 Å². The molecule has 0 amide bonds. The number of likely N-dealkylation sites (N-methyl/N-ethyl adjacent to an activating group) is 1. The summed E-state index contributed by atoms with van der Waals surface area (Å²) in [6.07, 6.45) is 0. The molecule has 0 spiro atoms. The molecule has 94 valence electrons. The van der Waals surface area contributed by atoms with E-state index in [0.717, 1.165) is 13.1 Å². The van der Waals surface area contributed by atoms with Gasteiger partial charge in [0.25, 0.3) is 0 Å². The first kappa shape index (κ1) is 12.3. The van der Waals surface area contributed by atoms with E-state index in [2.05, 4.69) is 10.2 Å². The van der Waals surface area contributed by atoms with E-state index in [1.807, 2.05) is 20.0 Å². The van der Waals surface area contributed by atoms with Crippen LogP contribution in [0.5, 0.6) is 5.75 Å². The molecule has 17 heavy (non-hydrogen) atoms. The van der Waals surface area contributed by atoms with Crippen LogP contribution in [0.3, 0.4) is 0 Å². The van der Waals surface area contributed by atoms with Crippen LogP contribution in [0.25, 0.3) is 0 Å². The van der Waals surface area contributed by atoms with Crippen molar-refractivity contribution < 1.29 is 9.13 Å². The average molecular weight is 238 g/mol. The van der Waals surface area contributed by atoms with Gasteiger partial charge < -0.3 is 10.1 Å². The Morgan fingerprint density at radius 2 is 2.18 bits per heavy atom. The number of nitrogens with one attached hydrogen (secondary N) is 1. The molecule has 0 radical (unpaired) electrons. The van der Waals surface area contributed by atoms with Crippen molar-refractivity contribution in [2.24, 2.45) is 0 Å². The molecule has 0 aliphatic carbocycles. The predicted molar refractivity (Wildman–Crippen MR) is 65.8 cm³/mol. The lowest BCUT2D eigenvalue weighted by atomic mass is 10.0. The Kier molecular flexibility index (Phi) is 3.64. The Morgan fingerprint density at radius 1 is 1.47 bits per heavy atom. The topological polar surface area (TPSA) is 24.5 Å². The van der Waals surface area contributed by atoms with Gasteiger partial charge >= 0.3 is 0 Å². The molecule has 4 heteroatoms. The van der Waals surface area contributed by atoms with Gasteiger partial charge in [0.2, 0.25) is 0 Å². The van der Waals surface area contributed by atoms with Crippen LogP contribution in [0.2, 0.25) is 0 Å². The van der Waals surface area contributed by atoms with Gasteiger partial charge in [-0.25, -0.2) is 4.39 Å². The lowest BCUT2D eigenvalue weighted by Gasteiger charge is -2.39. The number of methoxy groups -OCH3 is 1. The van der Waals surface area contributed by atoms with Gasteiger partial charge in [0, 0.05) is 30.7 Å². The third-order valence-corrected chi connectivity index (χ3v) is 3.60. The minimum absolute atomic E-state index is 0.0123. The molecule has 1 aromatic rings. The Bertz CT molecular complexity index is 393. The fraction of sp³-hybridized carbons (Fsp3) is 0.538. The minimum atomic E-state index is -0.198. The van der Waals surface area contributed by atoms with Crippen molar-refractivity contribution >= 4 is 0 Å². The molecule has 1 atom stereocenters. The summed E-state index contributed by atoms with van der Waals surface area (Å²) in [6.45, 7) is 3.95. The van der Waals surface area contributed by atoms with Crippen LogP contribution < -0.4 is 10.1 Å². The summed E-state index contributed by atoms with van der Waals surface area (Å²) in [7, 11) is 3.61. The maximum atomic E-state index is 13.9. The summed E-state index contributed by atoms with van der Waals surface area (Å²) in [5.74, 6) is 0.424. The molecule has 1 heterocycles. The molecule has 1 saturated heterocycles. The molecule has 1 fully saturated rings. The Labute approximate surface area is 102 Å². The van der Waals surface area contributed by atoms with Crippen LogP contribution in [0.4, 0.5) is 4.39 Å². The van der Waals surface area contributed by atoms with E-state index < -0.39 is 0 Å². The highest BCUT2D eigenvalue weighted by Gasteiger charge is 2.28. The van der Waals surface area contributed by atoms with Gasteiger partial charge in [0.15, 0.2) is 0 Å². The second kappa shape index (κ2) is 5.02. The van der Waals surface area contributed by atoms with Gasteiger partial charge in [0.05, 0.1) is 7.11 Å². The van der Waals surface area contributed by atoms with Crippen LogP contribution in [0.15, 0.2) is 18.2 Å². The SMILES string of the molecule is COc1cccc(F)c1C(C)N(C)C1CNC1. The Morgan fingerprint density at radius 3 is 2.71 bits per heavy atom. The summed E-state index contributed by atoms with van der Waals surface area (Å²) < 4.78 is 19.2. The fourth-order valence-corrected chi connectivity index (χ4v) is 2.18. The molecular weight excluding hydrogens is 219 g/mol. The van der Waals surface area contributed by atoms with E-state index in [4.69, 9.17) is 4.74 Å². The van der Waals surface area contributed by atoms with E-state index in [0.29, 0.717) is 17.4 Å². The molecular formula is C13H19FN2O. The zero-order valence-corrected chi connectivity index (χ0v) is 10.5. The van der Waals surface area contributed by atoms with Gasteiger partial charge in [-0.1, -0.05) is 6.07 Å². The molecule has 1 aromatic carbocycles. The molecule has 3 nitrogen and oxygen atoms in total.